The van der Waals surface area contributed by atoms with Gasteiger partial charge in [-0.05, 0) is 107 Å². The van der Waals surface area contributed by atoms with Crippen molar-refractivity contribution in [1.82, 2.24) is 0 Å². The fourth-order valence-electron chi connectivity index (χ4n) is 4.67. The lowest BCUT2D eigenvalue weighted by molar-refractivity contribution is -0.143. The molecule has 9 heteroatoms. The summed E-state index contributed by atoms with van der Waals surface area (Å²) in [5.74, 6) is -0.845. The lowest BCUT2D eigenvalue weighted by Gasteiger charge is -2.15. The highest BCUT2D eigenvalue weighted by molar-refractivity contribution is 5.91. The molecule has 0 spiro atoms. The van der Waals surface area contributed by atoms with Crippen molar-refractivity contribution in [1.29, 1.82) is 0 Å². The van der Waals surface area contributed by atoms with Crippen molar-refractivity contribution in [2.45, 2.75) is 85.2 Å². The Kier molecular flexibility index (Phi) is 16.0. The Bertz CT molecular complexity index is 1430. The summed E-state index contributed by atoms with van der Waals surface area (Å²) in [6.45, 7) is 11.6. The number of rotatable bonds is 17. The maximum absolute atomic E-state index is 13.3. The molecule has 0 aliphatic heterocycles. The molecule has 0 fully saturated rings. The largest absolute Gasteiger partial charge is 0.457 e. The minimum atomic E-state index is -5.01. The Balaban J connectivity index is 2.29. The number of carbonyl (C=O) groups is 1. The predicted octanol–water partition coefficient (Wildman–Crippen LogP) is 11.3. The second-order valence-electron chi connectivity index (χ2n) is 11.5. The molecule has 0 radical (unpaired) electrons. The van der Waals surface area contributed by atoms with Crippen LogP contribution in [0.25, 0.3) is 0 Å². The van der Waals surface area contributed by atoms with E-state index in [1.807, 2.05) is 39.0 Å². The van der Waals surface area contributed by atoms with Gasteiger partial charge in [-0.25, -0.2) is 4.79 Å². The Morgan fingerprint density at radius 2 is 1.43 bits per heavy atom. The number of hydrogen-bond acceptors (Lipinski definition) is 3. The van der Waals surface area contributed by atoms with Gasteiger partial charge in [0.05, 0.1) is 29.9 Å². The molecule has 2 aromatic rings. The molecule has 0 aromatic heterocycles. The first kappa shape index (κ1) is 39.3. The molecule has 2 aromatic carbocycles. The summed E-state index contributed by atoms with van der Waals surface area (Å²) >= 11 is 0. The van der Waals surface area contributed by atoms with Crippen LogP contribution in [0.5, 0.6) is 0 Å². The third kappa shape index (κ3) is 14.6. The molecule has 0 amide bonds. The zero-order chi connectivity index (χ0) is 35.0. The van der Waals surface area contributed by atoms with Crippen molar-refractivity contribution >= 4 is 5.97 Å². The average Bonchev–Trinajstić information content (AvgIpc) is 3.00. The second-order valence-corrected chi connectivity index (χ2v) is 11.5. The van der Waals surface area contributed by atoms with Gasteiger partial charge < -0.3 is 9.47 Å². The summed E-state index contributed by atoms with van der Waals surface area (Å²) in [5.41, 5.74) is 1.67. The van der Waals surface area contributed by atoms with E-state index in [1.54, 1.807) is 18.2 Å². The first-order valence-electron chi connectivity index (χ1n) is 15.5. The lowest BCUT2D eigenvalue weighted by Crippen LogP contribution is -2.13. The molecule has 256 valence electrons. The topological polar surface area (TPSA) is 35.5 Å². The van der Waals surface area contributed by atoms with Gasteiger partial charge in [-0.2, -0.15) is 26.3 Å². The van der Waals surface area contributed by atoms with E-state index < -0.39 is 41.6 Å². The van der Waals surface area contributed by atoms with Gasteiger partial charge in [0.15, 0.2) is 0 Å². The first-order chi connectivity index (χ1) is 22.1. The number of benzene rings is 2. The summed E-state index contributed by atoms with van der Waals surface area (Å²) in [7, 11) is 0. The molecule has 0 saturated carbocycles. The number of ether oxygens (including phenoxy) is 2. The van der Waals surface area contributed by atoms with E-state index in [2.05, 4.69) is 31.7 Å². The molecule has 3 nitrogen and oxygen atoms in total. The molecule has 47 heavy (non-hydrogen) atoms. The number of carbonyl (C=O) groups excluding carboxylic acids is 1. The van der Waals surface area contributed by atoms with E-state index in [-0.39, 0.29) is 11.6 Å². The highest BCUT2D eigenvalue weighted by Gasteiger charge is 2.37. The highest BCUT2D eigenvalue weighted by Crippen LogP contribution is 2.36. The third-order valence-corrected chi connectivity index (χ3v) is 7.32. The third-order valence-electron chi connectivity index (χ3n) is 7.32. The van der Waals surface area contributed by atoms with Crippen LogP contribution in [0.2, 0.25) is 0 Å². The number of allylic oxidation sites excluding steroid dienone is 7. The maximum atomic E-state index is 13.3. The first-order valence-corrected chi connectivity index (χ1v) is 15.5. The van der Waals surface area contributed by atoms with Gasteiger partial charge in [0.1, 0.15) is 6.61 Å². The van der Waals surface area contributed by atoms with Crippen LogP contribution in [-0.4, -0.2) is 19.2 Å². The summed E-state index contributed by atoms with van der Waals surface area (Å²) in [5, 5.41) is 0. The van der Waals surface area contributed by atoms with E-state index in [4.69, 9.17) is 9.47 Å². The van der Waals surface area contributed by atoms with E-state index in [1.165, 1.54) is 11.1 Å². The summed E-state index contributed by atoms with van der Waals surface area (Å²) < 4.78 is 90.7. The van der Waals surface area contributed by atoms with Crippen molar-refractivity contribution < 1.29 is 40.6 Å². The van der Waals surface area contributed by atoms with Gasteiger partial charge in [0, 0.05) is 0 Å². The van der Waals surface area contributed by atoms with Crippen molar-refractivity contribution in [3.63, 3.8) is 0 Å². The Morgan fingerprint density at radius 3 is 2.04 bits per heavy atom. The van der Waals surface area contributed by atoms with E-state index in [0.717, 1.165) is 36.8 Å². The normalized spacial score (nSPS) is 13.4. The van der Waals surface area contributed by atoms with Crippen molar-refractivity contribution in [3.8, 4) is 0 Å². The molecule has 0 unspecified atom stereocenters. The number of halogens is 6. The van der Waals surface area contributed by atoms with Crippen LogP contribution in [0.3, 0.4) is 0 Å². The fourth-order valence-corrected chi connectivity index (χ4v) is 4.67. The molecule has 0 aliphatic carbocycles. The maximum Gasteiger partial charge on any atom is 0.416 e. The quantitative estimate of drug-likeness (QED) is 0.0732. The van der Waals surface area contributed by atoms with Gasteiger partial charge >= 0.3 is 18.3 Å². The highest BCUT2D eigenvalue weighted by atomic mass is 19.4. The smallest absolute Gasteiger partial charge is 0.416 e. The molecule has 0 N–H and O–H groups in total. The van der Waals surface area contributed by atoms with Crippen LogP contribution in [0.15, 0.2) is 96.2 Å². The van der Waals surface area contributed by atoms with Gasteiger partial charge in [0.25, 0.3) is 0 Å². The Labute approximate surface area is 274 Å². The number of hydrogen-bond donors (Lipinski definition) is 0. The van der Waals surface area contributed by atoms with E-state index in [9.17, 15) is 31.1 Å². The van der Waals surface area contributed by atoms with Gasteiger partial charge in [0.2, 0.25) is 0 Å². The minimum absolute atomic E-state index is 0.0406. The monoisotopic (exact) mass is 662 g/mol. The Hall–Kier alpha value is -3.85. The SMILES string of the molecule is C=CCOC/C=C(\C)Cc1ccc(C/C=C(/C)CC/C=C(\C)CC/C=C\C)cc1C(=O)OCc1cc(C(F)(F)F)cc(C(F)(F)F)c1. The predicted molar refractivity (Wildman–Crippen MR) is 175 cm³/mol. The van der Waals surface area contributed by atoms with E-state index >= 15 is 0 Å². The van der Waals surface area contributed by atoms with Crippen LogP contribution in [0.1, 0.15) is 91.6 Å². The molecular weight excluding hydrogens is 618 g/mol. The number of esters is 1. The van der Waals surface area contributed by atoms with E-state index in [0.29, 0.717) is 43.8 Å². The zero-order valence-electron chi connectivity index (χ0n) is 27.5. The van der Waals surface area contributed by atoms with Gasteiger partial charge in [-0.3, -0.25) is 0 Å². The standard InChI is InChI=1S/C38H44F6O3/c1-6-8-9-11-27(3)12-10-13-28(4)14-15-30-16-17-32(21-29(5)18-20-46-19-7-2)35(24-30)36(45)47-26-31-22-33(37(39,40)41)25-34(23-31)38(42,43)44/h6-8,12,14,16-18,22-25H,2,9-11,13,15,19-21,26H2,1,3-5H3/b8-6-,27-12+,28-14-,29-18+. The van der Waals surface area contributed by atoms with Crippen LogP contribution in [0, 0.1) is 0 Å². The fraction of sp³-hybridized carbons (Fsp3) is 0.395. The van der Waals surface area contributed by atoms with Crippen LogP contribution < -0.4 is 0 Å². The Morgan fingerprint density at radius 1 is 0.787 bits per heavy atom. The molecule has 0 heterocycles. The zero-order valence-corrected chi connectivity index (χ0v) is 27.5. The lowest BCUT2D eigenvalue weighted by atomic mass is 9.96. The van der Waals surface area contributed by atoms with Crippen LogP contribution in [-0.2, 0) is 41.3 Å². The minimum Gasteiger partial charge on any atom is -0.457 e. The molecule has 0 atom stereocenters. The average molecular weight is 663 g/mol. The van der Waals surface area contributed by atoms with Crippen LogP contribution in [0.4, 0.5) is 26.3 Å². The second kappa shape index (κ2) is 19.1. The summed E-state index contributed by atoms with van der Waals surface area (Å²) in [4.78, 5) is 13.3. The molecule has 2 rings (SSSR count). The van der Waals surface area contributed by atoms with Crippen molar-refractivity contribution in [2.24, 2.45) is 0 Å². The van der Waals surface area contributed by atoms with Gasteiger partial charge in [-0.15, -0.1) is 6.58 Å². The molecular formula is C38H44F6O3. The molecule has 0 aliphatic rings. The van der Waals surface area contributed by atoms with Crippen molar-refractivity contribution in [3.05, 3.63) is 130 Å². The molecule has 0 saturated heterocycles. The summed E-state index contributed by atoms with van der Waals surface area (Å²) in [6.07, 6.45) is 6.69. The van der Waals surface area contributed by atoms with Gasteiger partial charge in [-0.1, -0.05) is 65.3 Å². The number of alkyl halides is 6. The van der Waals surface area contributed by atoms with Crippen molar-refractivity contribution in [2.75, 3.05) is 13.2 Å². The van der Waals surface area contributed by atoms with Crippen LogP contribution >= 0.6 is 0 Å². The summed E-state index contributed by atoms with van der Waals surface area (Å²) in [6, 6.07) is 6.51. The molecule has 0 bridgehead atoms.